The zero-order valence-electron chi connectivity index (χ0n) is 18.8. The molecule has 1 atom stereocenters. The first-order valence-electron chi connectivity index (χ1n) is 11.3. The highest BCUT2D eigenvalue weighted by atomic mass is 16.4. The topological polar surface area (TPSA) is 104 Å². The maximum atomic E-state index is 12.7. The van der Waals surface area contributed by atoms with E-state index in [0.29, 0.717) is 22.8 Å². The van der Waals surface area contributed by atoms with Gasteiger partial charge in [-0.05, 0) is 78.3 Å². The van der Waals surface area contributed by atoms with Crippen molar-refractivity contribution in [2.75, 3.05) is 10.6 Å². The average Bonchev–Trinajstić information content (AvgIpc) is 3.38. The summed E-state index contributed by atoms with van der Waals surface area (Å²) in [5.41, 5.74) is 7.02. The van der Waals surface area contributed by atoms with E-state index in [1.807, 2.05) is 67.6 Å². The van der Waals surface area contributed by atoms with Crippen molar-refractivity contribution in [1.29, 1.82) is 0 Å². The van der Waals surface area contributed by atoms with E-state index in [4.69, 9.17) is 9.52 Å². The Hall–Kier alpha value is -4.13. The first kappa shape index (κ1) is 21.7. The molecular weight excluding hydrogens is 430 g/mol. The zero-order chi connectivity index (χ0) is 23.7. The fourth-order valence-electron chi connectivity index (χ4n) is 4.54. The van der Waals surface area contributed by atoms with Crippen LogP contribution in [0.15, 0.2) is 65.1 Å². The Morgan fingerprint density at radius 3 is 2.79 bits per heavy atom. The Bertz CT molecular complexity index is 1390. The highest BCUT2D eigenvalue weighted by Crippen LogP contribution is 2.37. The second-order valence-corrected chi connectivity index (χ2v) is 8.73. The van der Waals surface area contributed by atoms with Gasteiger partial charge in [-0.3, -0.25) is 9.59 Å². The third-order valence-electron chi connectivity index (χ3n) is 6.26. The number of aryl methyl sites for hydroxylation is 2. The van der Waals surface area contributed by atoms with Crippen molar-refractivity contribution in [3.63, 3.8) is 0 Å². The van der Waals surface area contributed by atoms with E-state index in [-0.39, 0.29) is 24.7 Å². The van der Waals surface area contributed by atoms with Gasteiger partial charge < -0.3 is 20.2 Å². The van der Waals surface area contributed by atoms with Gasteiger partial charge in [0.15, 0.2) is 5.58 Å². The van der Waals surface area contributed by atoms with Crippen LogP contribution in [-0.2, 0) is 22.4 Å². The summed E-state index contributed by atoms with van der Waals surface area (Å²) in [5.74, 6) is -0.946. The first-order valence-corrected chi connectivity index (χ1v) is 11.3. The lowest BCUT2D eigenvalue weighted by Crippen LogP contribution is -2.14. The number of para-hydroxylation sites is 1. The molecule has 5 rings (SSSR count). The number of carbonyl (C=O) groups is 2. The second kappa shape index (κ2) is 9.02. The van der Waals surface area contributed by atoms with Gasteiger partial charge in [-0.15, -0.1) is 0 Å². The number of aromatic nitrogens is 1. The molecule has 4 aromatic rings. The summed E-state index contributed by atoms with van der Waals surface area (Å²) < 4.78 is 5.86. The Morgan fingerprint density at radius 1 is 1.12 bits per heavy atom. The van der Waals surface area contributed by atoms with Gasteiger partial charge in [0.25, 0.3) is 6.01 Å². The number of carbonyl (C=O) groups excluding carboxylic acids is 1. The molecule has 1 unspecified atom stereocenters. The number of rotatable bonds is 7. The third kappa shape index (κ3) is 4.64. The number of anilines is 3. The number of carboxylic acid groups (broad SMARTS) is 1. The second-order valence-electron chi connectivity index (χ2n) is 8.73. The molecule has 0 bridgehead atoms. The van der Waals surface area contributed by atoms with Crippen LogP contribution in [0.5, 0.6) is 0 Å². The predicted octanol–water partition coefficient (Wildman–Crippen LogP) is 5.57. The van der Waals surface area contributed by atoms with Crippen molar-refractivity contribution in [3.05, 3.63) is 82.9 Å². The summed E-state index contributed by atoms with van der Waals surface area (Å²) in [7, 11) is 0. The van der Waals surface area contributed by atoms with Gasteiger partial charge >= 0.3 is 5.97 Å². The molecule has 0 fully saturated rings. The van der Waals surface area contributed by atoms with E-state index >= 15 is 0 Å². The fourth-order valence-corrected chi connectivity index (χ4v) is 4.54. The van der Waals surface area contributed by atoms with Crippen molar-refractivity contribution in [3.8, 4) is 0 Å². The van der Waals surface area contributed by atoms with Gasteiger partial charge in [-0.1, -0.05) is 30.3 Å². The predicted molar refractivity (Wildman–Crippen MR) is 131 cm³/mol. The Morgan fingerprint density at radius 2 is 1.97 bits per heavy atom. The number of aliphatic carboxylic acids is 1. The van der Waals surface area contributed by atoms with Crippen LogP contribution in [0.25, 0.3) is 11.1 Å². The van der Waals surface area contributed by atoms with Crippen molar-refractivity contribution in [2.45, 2.75) is 38.5 Å². The largest absolute Gasteiger partial charge is 0.481 e. The van der Waals surface area contributed by atoms with E-state index in [2.05, 4.69) is 15.6 Å². The molecule has 0 saturated heterocycles. The molecule has 3 aromatic carbocycles. The number of nitrogens with zero attached hydrogens (tertiary/aromatic N) is 1. The van der Waals surface area contributed by atoms with Crippen molar-refractivity contribution in [1.82, 2.24) is 4.98 Å². The maximum absolute atomic E-state index is 12.7. The van der Waals surface area contributed by atoms with Gasteiger partial charge in [0.2, 0.25) is 5.91 Å². The molecule has 172 valence electrons. The summed E-state index contributed by atoms with van der Waals surface area (Å²) in [4.78, 5) is 28.3. The lowest BCUT2D eigenvalue weighted by atomic mass is 9.97. The molecule has 1 aliphatic rings. The van der Waals surface area contributed by atoms with Gasteiger partial charge in [-0.25, -0.2) is 0 Å². The number of benzene rings is 3. The molecule has 0 aliphatic heterocycles. The summed E-state index contributed by atoms with van der Waals surface area (Å²) in [5, 5.41) is 15.3. The molecule has 1 aliphatic carbocycles. The number of fused-ring (bicyclic) bond motifs is 2. The highest BCUT2D eigenvalue weighted by Gasteiger charge is 2.25. The molecule has 7 heteroatoms. The minimum absolute atomic E-state index is 0.000639. The number of carboxylic acids is 1. The van der Waals surface area contributed by atoms with Crippen molar-refractivity contribution in [2.24, 2.45) is 0 Å². The Kier molecular flexibility index (Phi) is 5.76. The summed E-state index contributed by atoms with van der Waals surface area (Å²) in [6, 6.07) is 19.6. The van der Waals surface area contributed by atoms with E-state index < -0.39 is 5.97 Å². The van der Waals surface area contributed by atoms with Gasteiger partial charge in [0.1, 0.15) is 5.52 Å². The fraction of sp³-hybridized carbons (Fsp3) is 0.222. The molecule has 0 radical (unpaired) electrons. The van der Waals surface area contributed by atoms with E-state index in [0.717, 1.165) is 40.8 Å². The lowest BCUT2D eigenvalue weighted by molar-refractivity contribution is -0.137. The SMILES string of the molecule is Cc1ccccc1Nc1nc2ccc(CC(=O)Nc3ccc4c(c3)C(CC(=O)O)CC4)cc2o1. The molecule has 34 heavy (non-hydrogen) atoms. The van der Waals surface area contributed by atoms with Crippen LogP contribution in [0.4, 0.5) is 17.4 Å². The molecule has 1 amide bonds. The van der Waals surface area contributed by atoms with Crippen LogP contribution in [0.2, 0.25) is 0 Å². The number of hydrogen-bond acceptors (Lipinski definition) is 5. The summed E-state index contributed by atoms with van der Waals surface area (Å²) in [6.07, 6.45) is 2.01. The Balaban J connectivity index is 1.27. The van der Waals surface area contributed by atoms with Gasteiger partial charge in [0, 0.05) is 11.4 Å². The number of amides is 1. The van der Waals surface area contributed by atoms with Crippen molar-refractivity contribution < 1.29 is 19.1 Å². The standard InChI is InChI=1S/C27H25N3O4/c1-16-4-2-3-5-22(16)29-27-30-23-11-6-17(12-24(23)34-27)13-25(31)28-20-10-9-18-7-8-19(14-26(32)33)21(18)15-20/h2-6,9-12,15,19H,7-8,13-14H2,1H3,(H,28,31)(H,29,30)(H,32,33). The maximum Gasteiger partial charge on any atom is 0.303 e. The zero-order valence-corrected chi connectivity index (χ0v) is 18.8. The van der Waals surface area contributed by atoms with Crippen LogP contribution in [0.3, 0.4) is 0 Å². The lowest BCUT2D eigenvalue weighted by Gasteiger charge is -2.11. The van der Waals surface area contributed by atoms with Crippen LogP contribution < -0.4 is 10.6 Å². The first-order chi connectivity index (χ1) is 16.4. The van der Waals surface area contributed by atoms with Crippen LogP contribution >= 0.6 is 0 Å². The number of oxazole rings is 1. The molecular formula is C27H25N3O4. The molecule has 7 nitrogen and oxygen atoms in total. The normalized spacial score (nSPS) is 14.7. The monoisotopic (exact) mass is 455 g/mol. The van der Waals surface area contributed by atoms with E-state index in [9.17, 15) is 9.59 Å². The highest BCUT2D eigenvalue weighted by molar-refractivity contribution is 5.93. The van der Waals surface area contributed by atoms with E-state index in [1.54, 1.807) is 0 Å². The van der Waals surface area contributed by atoms with E-state index in [1.165, 1.54) is 0 Å². The van der Waals surface area contributed by atoms with Gasteiger partial charge in [0.05, 0.1) is 12.8 Å². The quantitative estimate of drug-likeness (QED) is 0.337. The number of nitrogens with one attached hydrogen (secondary N) is 2. The summed E-state index contributed by atoms with van der Waals surface area (Å²) >= 11 is 0. The average molecular weight is 456 g/mol. The van der Waals surface area contributed by atoms with Crippen LogP contribution in [0.1, 0.15) is 41.0 Å². The smallest absolute Gasteiger partial charge is 0.303 e. The molecule has 1 aromatic heterocycles. The minimum Gasteiger partial charge on any atom is -0.481 e. The Labute approximate surface area is 196 Å². The third-order valence-corrected chi connectivity index (χ3v) is 6.26. The molecule has 0 saturated carbocycles. The number of hydrogen-bond donors (Lipinski definition) is 3. The molecule has 1 heterocycles. The van der Waals surface area contributed by atoms with Crippen LogP contribution in [-0.4, -0.2) is 22.0 Å². The molecule has 3 N–H and O–H groups in total. The molecule has 0 spiro atoms. The van der Waals surface area contributed by atoms with Crippen molar-refractivity contribution >= 4 is 40.4 Å². The summed E-state index contributed by atoms with van der Waals surface area (Å²) in [6.45, 7) is 2.01. The van der Waals surface area contributed by atoms with Crippen LogP contribution in [0, 0.1) is 6.92 Å². The van der Waals surface area contributed by atoms with Gasteiger partial charge in [-0.2, -0.15) is 4.98 Å². The minimum atomic E-state index is -0.799.